The standard InChI is InChI=1S/C15H14.3CO.Cr/c1-13(15-10-6-3-7-11-15)12-14-8-4-2-5-9-14;3*1-2;/h2-12H,1H3;;;;/b13-12+;;;;. The molecule has 0 N–H and O–H groups in total. The summed E-state index contributed by atoms with van der Waals surface area (Å²) in [6.45, 7) is 15.6. The van der Waals surface area contributed by atoms with Gasteiger partial charge in [0.05, 0.1) is 0 Å². The molecule has 0 aromatic heterocycles. The molecule has 2 rings (SSSR count). The van der Waals surface area contributed by atoms with Gasteiger partial charge in [-0.15, -0.1) is 0 Å². The molecule has 0 fully saturated rings. The molecule has 0 aliphatic rings. The first-order valence-electron chi connectivity index (χ1n) is 5.76. The third kappa shape index (κ3) is 10.7. The zero-order valence-corrected chi connectivity index (χ0v) is 13.3. The summed E-state index contributed by atoms with van der Waals surface area (Å²) in [5, 5.41) is 0. The van der Waals surface area contributed by atoms with Gasteiger partial charge in [-0.3, -0.25) is 0 Å². The minimum atomic E-state index is 0. The molecule has 2 aromatic carbocycles. The van der Waals surface area contributed by atoms with Crippen molar-refractivity contribution in [3.63, 3.8) is 0 Å². The number of hydrogen-bond donors (Lipinski definition) is 0. The van der Waals surface area contributed by atoms with Crippen molar-refractivity contribution in [1.29, 1.82) is 0 Å². The number of rotatable bonds is 2. The van der Waals surface area contributed by atoms with Crippen LogP contribution < -0.4 is 0 Å². The van der Waals surface area contributed by atoms with Gasteiger partial charge < -0.3 is 0 Å². The molecule has 0 unspecified atom stereocenters. The zero-order valence-electron chi connectivity index (χ0n) is 12.0. The summed E-state index contributed by atoms with van der Waals surface area (Å²) in [5.74, 6) is 0. The van der Waals surface area contributed by atoms with Crippen LogP contribution in [0.25, 0.3) is 11.6 Å². The Labute approximate surface area is 142 Å². The van der Waals surface area contributed by atoms with Crippen molar-refractivity contribution in [2.75, 3.05) is 0 Å². The molecule has 0 heterocycles. The van der Waals surface area contributed by atoms with E-state index in [1.54, 1.807) is 0 Å². The third-order valence-electron chi connectivity index (χ3n) is 2.41. The molecule has 0 bridgehead atoms. The minimum absolute atomic E-state index is 0. The Bertz CT molecular complexity index is 555. The van der Waals surface area contributed by atoms with Gasteiger partial charge in [-0.25, -0.2) is 0 Å². The SMILES string of the molecule is C/C(=C\c1ccccc1)c1ccccc1.[C-]#[O+].[C-]#[O+].[C-]#[O+].[Cr]. The fraction of sp³-hybridized carbons (Fsp3) is 0.0556. The summed E-state index contributed by atoms with van der Waals surface area (Å²) in [6, 6.07) is 20.8. The normalized spacial score (nSPS) is 8.05. The van der Waals surface area contributed by atoms with Gasteiger partial charge in [0, 0.05) is 17.4 Å². The molecule has 22 heavy (non-hydrogen) atoms. The molecule has 0 saturated carbocycles. The molecule has 2 aromatic rings. The van der Waals surface area contributed by atoms with E-state index in [0.717, 1.165) is 0 Å². The fourth-order valence-corrected chi connectivity index (χ4v) is 1.58. The van der Waals surface area contributed by atoms with Crippen LogP contribution in [0.1, 0.15) is 18.1 Å². The summed E-state index contributed by atoms with van der Waals surface area (Å²) < 4.78 is 22.5. The molecule has 0 aliphatic heterocycles. The Balaban J connectivity index is -0.000000463. The van der Waals surface area contributed by atoms with Crippen LogP contribution in [0, 0.1) is 20.0 Å². The van der Waals surface area contributed by atoms with Crippen LogP contribution in [-0.2, 0) is 31.3 Å². The van der Waals surface area contributed by atoms with Gasteiger partial charge in [0.15, 0.2) is 0 Å². The van der Waals surface area contributed by atoms with E-state index in [-0.39, 0.29) is 17.4 Å². The summed E-state index contributed by atoms with van der Waals surface area (Å²) in [7, 11) is 0. The maximum Gasteiger partial charge on any atom is 0 e. The van der Waals surface area contributed by atoms with Crippen molar-refractivity contribution in [1.82, 2.24) is 0 Å². The van der Waals surface area contributed by atoms with E-state index in [4.69, 9.17) is 14.0 Å². The van der Waals surface area contributed by atoms with Gasteiger partial charge in [-0.05, 0) is 23.6 Å². The summed E-state index contributed by atoms with van der Waals surface area (Å²) in [6.07, 6.45) is 2.20. The Kier molecular flexibility index (Phi) is 21.4. The van der Waals surface area contributed by atoms with Crippen LogP contribution in [0.3, 0.4) is 0 Å². The van der Waals surface area contributed by atoms with E-state index in [1.165, 1.54) is 16.7 Å². The Morgan fingerprint density at radius 1 is 0.727 bits per heavy atom. The van der Waals surface area contributed by atoms with Gasteiger partial charge in [0.1, 0.15) is 0 Å². The Morgan fingerprint density at radius 2 is 1.09 bits per heavy atom. The molecule has 0 saturated heterocycles. The van der Waals surface area contributed by atoms with Gasteiger partial charge in [0.2, 0.25) is 0 Å². The molecule has 4 heteroatoms. The average molecular weight is 330 g/mol. The van der Waals surface area contributed by atoms with E-state index < -0.39 is 0 Å². The van der Waals surface area contributed by atoms with Crippen LogP contribution in [0.15, 0.2) is 60.7 Å². The monoisotopic (exact) mass is 330 g/mol. The van der Waals surface area contributed by atoms with Crippen molar-refractivity contribution in [2.24, 2.45) is 0 Å². The molecular weight excluding hydrogens is 316 g/mol. The maximum atomic E-state index is 7.50. The largest absolute Gasteiger partial charge is 0 e. The second-order valence-electron chi connectivity index (χ2n) is 3.60. The molecule has 0 amide bonds. The summed E-state index contributed by atoms with van der Waals surface area (Å²) in [5.41, 5.74) is 3.82. The van der Waals surface area contributed by atoms with E-state index in [9.17, 15) is 0 Å². The molecule has 0 atom stereocenters. The second kappa shape index (κ2) is 18.9. The van der Waals surface area contributed by atoms with Gasteiger partial charge in [0.25, 0.3) is 0 Å². The zero-order chi connectivity index (χ0) is 16.5. The molecule has 0 spiro atoms. The van der Waals surface area contributed by atoms with Crippen molar-refractivity contribution >= 4 is 11.6 Å². The predicted octanol–water partition coefficient (Wildman–Crippen LogP) is 4.13. The molecule has 0 aliphatic carbocycles. The van der Waals surface area contributed by atoms with Crippen LogP contribution in [0.5, 0.6) is 0 Å². The molecule has 0 radical (unpaired) electrons. The smallest absolute Gasteiger partial charge is 0 e. The first-order chi connectivity index (χ1) is 10.4. The van der Waals surface area contributed by atoms with E-state index >= 15 is 0 Å². The van der Waals surface area contributed by atoms with Gasteiger partial charge in [-0.2, -0.15) is 0 Å². The average Bonchev–Trinajstić information content (AvgIpc) is 2.62. The van der Waals surface area contributed by atoms with E-state index in [1.807, 2.05) is 12.1 Å². The van der Waals surface area contributed by atoms with Crippen LogP contribution >= 0.6 is 0 Å². The van der Waals surface area contributed by atoms with E-state index in [0.29, 0.717) is 0 Å². The van der Waals surface area contributed by atoms with Gasteiger partial charge in [-0.1, -0.05) is 66.7 Å². The first kappa shape index (κ1) is 24.9. The number of hydrogen-bond acceptors (Lipinski definition) is 0. The van der Waals surface area contributed by atoms with Crippen LogP contribution in [0.4, 0.5) is 0 Å². The molecular formula is C18H14CrO3. The van der Waals surface area contributed by atoms with Crippen molar-refractivity contribution in [2.45, 2.75) is 6.92 Å². The Hall–Kier alpha value is -2.07. The van der Waals surface area contributed by atoms with Crippen LogP contribution in [0.2, 0.25) is 0 Å². The number of benzene rings is 2. The minimum Gasteiger partial charge on any atom is 0 e. The Morgan fingerprint density at radius 3 is 1.50 bits per heavy atom. The summed E-state index contributed by atoms with van der Waals surface area (Å²) >= 11 is 0. The number of allylic oxidation sites excluding steroid dienone is 1. The summed E-state index contributed by atoms with van der Waals surface area (Å²) in [4.78, 5) is 0. The van der Waals surface area contributed by atoms with Crippen molar-refractivity contribution in [3.05, 3.63) is 91.7 Å². The molecule has 3 nitrogen and oxygen atoms in total. The topological polar surface area (TPSA) is 59.7 Å². The fourth-order valence-electron chi connectivity index (χ4n) is 1.58. The van der Waals surface area contributed by atoms with E-state index in [2.05, 4.69) is 81.5 Å². The molecule has 110 valence electrons. The first-order valence-corrected chi connectivity index (χ1v) is 5.76. The maximum absolute atomic E-state index is 7.50. The van der Waals surface area contributed by atoms with Crippen molar-refractivity contribution in [3.8, 4) is 0 Å². The van der Waals surface area contributed by atoms with Gasteiger partial charge >= 0.3 is 33.9 Å². The quantitative estimate of drug-likeness (QED) is 0.452. The second-order valence-corrected chi connectivity index (χ2v) is 3.60. The van der Waals surface area contributed by atoms with Crippen LogP contribution in [-0.4, -0.2) is 0 Å². The predicted molar refractivity (Wildman–Crippen MR) is 78.2 cm³/mol. The third-order valence-corrected chi connectivity index (χ3v) is 2.41. The van der Waals surface area contributed by atoms with Crippen molar-refractivity contribution < 1.29 is 31.3 Å².